The average molecular weight is 313 g/mol. The fourth-order valence-electron chi connectivity index (χ4n) is 2.14. The molecule has 1 aliphatic heterocycles. The van der Waals surface area contributed by atoms with Crippen molar-refractivity contribution in [3.05, 3.63) is 33.1 Å². The third-order valence-electron chi connectivity index (χ3n) is 3.25. The number of halogens is 1. The van der Waals surface area contributed by atoms with Crippen molar-refractivity contribution in [2.75, 3.05) is 13.6 Å². The summed E-state index contributed by atoms with van der Waals surface area (Å²) in [6, 6.07) is 0.916. The fourth-order valence-corrected chi connectivity index (χ4v) is 2.30. The summed E-state index contributed by atoms with van der Waals surface area (Å²) in [5.41, 5.74) is -0.545. The van der Waals surface area contributed by atoms with Crippen molar-refractivity contribution in [3.63, 3.8) is 0 Å². The van der Waals surface area contributed by atoms with Crippen molar-refractivity contribution in [1.29, 1.82) is 0 Å². The minimum atomic E-state index is -0.686. The Labute approximate surface area is 125 Å². The smallest absolute Gasteiger partial charge is 0.300 e. The highest BCUT2D eigenvalue weighted by Crippen LogP contribution is 2.21. The van der Waals surface area contributed by atoms with Gasteiger partial charge in [-0.2, -0.15) is 0 Å². The first kappa shape index (κ1) is 15.2. The largest absolute Gasteiger partial charge is 0.347 e. The highest BCUT2D eigenvalue weighted by atomic mass is 35.5. The van der Waals surface area contributed by atoms with E-state index in [9.17, 15) is 19.7 Å². The molecule has 0 radical (unpaired) electrons. The molecule has 1 saturated heterocycles. The van der Waals surface area contributed by atoms with Gasteiger partial charge >= 0.3 is 0 Å². The van der Waals surface area contributed by atoms with Crippen LogP contribution in [0.25, 0.3) is 0 Å². The maximum absolute atomic E-state index is 12.2. The van der Waals surface area contributed by atoms with E-state index in [1.807, 2.05) is 0 Å². The van der Waals surface area contributed by atoms with E-state index in [0.29, 0.717) is 19.4 Å². The van der Waals surface area contributed by atoms with Crippen molar-refractivity contribution in [1.82, 2.24) is 15.2 Å². The Balaban J connectivity index is 2.15. The zero-order valence-electron chi connectivity index (χ0n) is 11.2. The quantitative estimate of drug-likeness (QED) is 0.509. The van der Waals surface area contributed by atoms with Crippen LogP contribution in [0.15, 0.2) is 12.3 Å². The third kappa shape index (κ3) is 3.46. The molecule has 1 aromatic rings. The van der Waals surface area contributed by atoms with Crippen LogP contribution in [0.5, 0.6) is 0 Å². The predicted molar refractivity (Wildman–Crippen MR) is 74.0 cm³/mol. The molecule has 21 heavy (non-hydrogen) atoms. The van der Waals surface area contributed by atoms with E-state index in [0.717, 1.165) is 12.3 Å². The minimum absolute atomic E-state index is 0.00156. The van der Waals surface area contributed by atoms with E-state index in [2.05, 4.69) is 10.3 Å². The molecule has 0 aromatic carbocycles. The van der Waals surface area contributed by atoms with Crippen molar-refractivity contribution < 1.29 is 14.5 Å². The monoisotopic (exact) mass is 312 g/mol. The molecule has 1 aliphatic rings. The second kappa shape index (κ2) is 6.04. The highest BCUT2D eigenvalue weighted by Gasteiger charge is 2.27. The molecule has 0 bridgehead atoms. The SMILES string of the molecule is CN1CC(NC(=O)c2cc(Cl)ncc2[N+](=O)[O-])CCC1=O. The standard InChI is InChI=1S/C12H13ClN4O4/c1-16-6-7(2-3-11(16)18)15-12(19)8-4-10(13)14-5-9(8)17(20)21/h4-5,7H,2-3,6H2,1H3,(H,15,19). The molecule has 0 aliphatic carbocycles. The second-order valence-corrected chi connectivity index (χ2v) is 5.15. The summed E-state index contributed by atoms with van der Waals surface area (Å²) in [6.45, 7) is 0.372. The number of likely N-dealkylation sites (tertiary alicyclic amines) is 1. The van der Waals surface area contributed by atoms with Gasteiger partial charge in [0.2, 0.25) is 5.91 Å². The molecule has 1 aromatic heterocycles. The van der Waals surface area contributed by atoms with Crippen LogP contribution in [0.3, 0.4) is 0 Å². The van der Waals surface area contributed by atoms with E-state index >= 15 is 0 Å². The topological polar surface area (TPSA) is 105 Å². The number of hydrogen-bond donors (Lipinski definition) is 1. The molecule has 1 unspecified atom stereocenters. The summed E-state index contributed by atoms with van der Waals surface area (Å²) >= 11 is 5.68. The van der Waals surface area contributed by atoms with Crippen LogP contribution in [-0.4, -0.2) is 46.3 Å². The fraction of sp³-hybridized carbons (Fsp3) is 0.417. The third-order valence-corrected chi connectivity index (χ3v) is 3.46. The number of amides is 2. The van der Waals surface area contributed by atoms with Crippen LogP contribution in [0.4, 0.5) is 5.69 Å². The Morgan fingerprint density at radius 2 is 2.33 bits per heavy atom. The normalized spacial score (nSPS) is 18.5. The molecular formula is C12H13ClN4O4. The summed E-state index contributed by atoms with van der Waals surface area (Å²) in [7, 11) is 1.65. The number of piperidine rings is 1. The summed E-state index contributed by atoms with van der Waals surface area (Å²) in [4.78, 5) is 38.9. The van der Waals surface area contributed by atoms with E-state index < -0.39 is 16.5 Å². The molecule has 0 saturated carbocycles. The van der Waals surface area contributed by atoms with Gasteiger partial charge in [-0.1, -0.05) is 11.6 Å². The number of nitrogens with zero attached hydrogens (tertiary/aromatic N) is 3. The Hall–Kier alpha value is -2.22. The first-order valence-corrected chi connectivity index (χ1v) is 6.61. The lowest BCUT2D eigenvalue weighted by molar-refractivity contribution is -0.385. The first-order valence-electron chi connectivity index (χ1n) is 6.23. The van der Waals surface area contributed by atoms with E-state index in [4.69, 9.17) is 11.6 Å². The second-order valence-electron chi connectivity index (χ2n) is 4.76. The molecule has 8 nitrogen and oxygen atoms in total. The van der Waals surface area contributed by atoms with Crippen LogP contribution < -0.4 is 5.32 Å². The van der Waals surface area contributed by atoms with Gasteiger partial charge in [0.05, 0.1) is 4.92 Å². The van der Waals surface area contributed by atoms with Gasteiger partial charge in [-0.3, -0.25) is 19.7 Å². The molecule has 1 fully saturated rings. The molecule has 2 heterocycles. The van der Waals surface area contributed by atoms with Crippen molar-refractivity contribution in [2.24, 2.45) is 0 Å². The van der Waals surface area contributed by atoms with Crippen LogP contribution in [0.1, 0.15) is 23.2 Å². The molecular weight excluding hydrogens is 300 g/mol. The molecule has 2 rings (SSSR count). The average Bonchev–Trinajstić information content (AvgIpc) is 2.42. The van der Waals surface area contributed by atoms with Gasteiger partial charge in [-0.15, -0.1) is 0 Å². The van der Waals surface area contributed by atoms with Crippen LogP contribution in [0, 0.1) is 10.1 Å². The maximum Gasteiger partial charge on any atom is 0.300 e. The lowest BCUT2D eigenvalue weighted by Crippen LogP contribution is -2.48. The van der Waals surface area contributed by atoms with Gasteiger partial charge in [0, 0.05) is 26.1 Å². The number of nitrogens with one attached hydrogen (secondary N) is 1. The Morgan fingerprint density at radius 1 is 1.62 bits per heavy atom. The first-order chi connectivity index (χ1) is 9.88. The Bertz CT molecular complexity index is 607. The molecule has 1 N–H and O–H groups in total. The number of nitro groups is 1. The molecule has 112 valence electrons. The molecule has 9 heteroatoms. The van der Waals surface area contributed by atoms with Gasteiger partial charge in [-0.25, -0.2) is 4.98 Å². The number of carbonyl (C=O) groups is 2. The van der Waals surface area contributed by atoms with Gasteiger partial charge in [-0.05, 0) is 12.5 Å². The number of likely N-dealkylation sites (N-methyl/N-ethyl adjacent to an activating group) is 1. The number of hydrogen-bond acceptors (Lipinski definition) is 5. The summed E-state index contributed by atoms with van der Waals surface area (Å²) in [6.07, 6.45) is 1.79. The van der Waals surface area contributed by atoms with Gasteiger partial charge in [0.15, 0.2) is 0 Å². The number of aromatic nitrogens is 1. The van der Waals surface area contributed by atoms with Gasteiger partial charge in [0.1, 0.15) is 16.9 Å². The van der Waals surface area contributed by atoms with Gasteiger partial charge < -0.3 is 10.2 Å². The van der Waals surface area contributed by atoms with Crippen molar-refractivity contribution in [2.45, 2.75) is 18.9 Å². The zero-order chi connectivity index (χ0) is 15.6. The lowest BCUT2D eigenvalue weighted by Gasteiger charge is -2.30. The number of pyridine rings is 1. The summed E-state index contributed by atoms with van der Waals surface area (Å²) in [5, 5.41) is 13.6. The van der Waals surface area contributed by atoms with Crippen LogP contribution >= 0.6 is 11.6 Å². The molecule has 0 spiro atoms. The summed E-state index contributed by atoms with van der Waals surface area (Å²) in [5.74, 6) is -0.586. The van der Waals surface area contributed by atoms with E-state index in [-0.39, 0.29) is 22.7 Å². The van der Waals surface area contributed by atoms with Crippen LogP contribution in [0.2, 0.25) is 5.15 Å². The van der Waals surface area contributed by atoms with Crippen molar-refractivity contribution >= 4 is 29.1 Å². The minimum Gasteiger partial charge on any atom is -0.347 e. The van der Waals surface area contributed by atoms with Crippen LogP contribution in [-0.2, 0) is 4.79 Å². The van der Waals surface area contributed by atoms with E-state index in [1.54, 1.807) is 7.05 Å². The highest BCUT2D eigenvalue weighted by molar-refractivity contribution is 6.29. The van der Waals surface area contributed by atoms with Crippen molar-refractivity contribution in [3.8, 4) is 0 Å². The Kier molecular flexibility index (Phi) is 4.37. The Morgan fingerprint density at radius 3 is 2.95 bits per heavy atom. The maximum atomic E-state index is 12.2. The lowest BCUT2D eigenvalue weighted by atomic mass is 10.0. The van der Waals surface area contributed by atoms with Gasteiger partial charge in [0.25, 0.3) is 11.6 Å². The summed E-state index contributed by atoms with van der Waals surface area (Å²) < 4.78 is 0. The number of carbonyl (C=O) groups excluding carboxylic acids is 2. The predicted octanol–water partition coefficient (Wildman–Crippen LogP) is 0.994. The molecule has 2 amide bonds. The molecule has 1 atom stereocenters. The zero-order valence-corrected chi connectivity index (χ0v) is 12.0. The van der Waals surface area contributed by atoms with E-state index in [1.165, 1.54) is 4.90 Å². The number of rotatable bonds is 3.